The zero-order valence-electron chi connectivity index (χ0n) is 12.7. The zero-order chi connectivity index (χ0) is 15.2. The first kappa shape index (κ1) is 17.2. The highest BCUT2D eigenvalue weighted by atomic mass is 32.2. The zero-order valence-corrected chi connectivity index (χ0v) is 13.5. The fourth-order valence-electron chi connectivity index (χ4n) is 2.47. The average molecular weight is 304 g/mol. The maximum atomic E-state index is 11.4. The molecule has 0 radical (unpaired) electrons. The fourth-order valence-corrected chi connectivity index (χ4v) is 3.33. The second-order valence-corrected chi connectivity index (χ2v) is 7.50. The summed E-state index contributed by atoms with van der Waals surface area (Å²) in [5.74, 6) is 0.679. The number of sulfonamides is 1. The molecule has 0 aromatic rings. The lowest BCUT2D eigenvalue weighted by atomic mass is 9.85. The van der Waals surface area contributed by atoms with Gasteiger partial charge in [0.2, 0.25) is 10.0 Å². The van der Waals surface area contributed by atoms with Crippen molar-refractivity contribution in [3.63, 3.8) is 0 Å². The Kier molecular flexibility index (Phi) is 6.75. The number of hydrogen-bond acceptors (Lipinski definition) is 3. The lowest BCUT2D eigenvalue weighted by Gasteiger charge is -2.30. The van der Waals surface area contributed by atoms with Crippen LogP contribution in [-0.2, 0) is 10.0 Å². The molecule has 0 amide bonds. The first-order valence-electron chi connectivity index (χ1n) is 7.35. The molecule has 0 bridgehead atoms. The summed E-state index contributed by atoms with van der Waals surface area (Å²) < 4.78 is 25.5. The predicted octanol–water partition coefficient (Wildman–Crippen LogP) is 0.797. The minimum Gasteiger partial charge on any atom is -0.370 e. The normalized spacial score (nSPS) is 26.2. The third-order valence-corrected chi connectivity index (χ3v) is 4.51. The maximum Gasteiger partial charge on any atom is 0.208 e. The van der Waals surface area contributed by atoms with E-state index in [-0.39, 0.29) is 12.0 Å². The monoisotopic (exact) mass is 304 g/mol. The van der Waals surface area contributed by atoms with Gasteiger partial charge >= 0.3 is 0 Å². The van der Waals surface area contributed by atoms with Gasteiger partial charge in [0, 0.05) is 18.6 Å². The number of aliphatic imine (C=N–C) groups is 1. The molecule has 0 aliphatic heterocycles. The number of nitrogens with zero attached hydrogens (tertiary/aromatic N) is 1. The van der Waals surface area contributed by atoms with Crippen LogP contribution in [0.2, 0.25) is 0 Å². The Morgan fingerprint density at radius 1 is 1.40 bits per heavy atom. The van der Waals surface area contributed by atoms with Crippen molar-refractivity contribution in [2.24, 2.45) is 16.6 Å². The molecule has 0 saturated heterocycles. The largest absolute Gasteiger partial charge is 0.370 e. The minimum absolute atomic E-state index is 0.0149. The second kappa shape index (κ2) is 7.83. The van der Waals surface area contributed by atoms with Gasteiger partial charge in [-0.2, -0.15) is 0 Å². The topological polar surface area (TPSA) is 96.6 Å². The molecule has 1 fully saturated rings. The molecule has 0 heterocycles. The van der Waals surface area contributed by atoms with Crippen molar-refractivity contribution in [1.29, 1.82) is 0 Å². The van der Waals surface area contributed by atoms with Crippen molar-refractivity contribution in [3.8, 4) is 0 Å². The molecule has 7 heteroatoms. The number of hydrogen-bond donors (Lipinski definition) is 3. The number of guanidine groups is 1. The van der Waals surface area contributed by atoms with Crippen LogP contribution in [0.3, 0.4) is 0 Å². The third kappa shape index (κ3) is 6.56. The van der Waals surface area contributed by atoms with E-state index in [9.17, 15) is 8.42 Å². The number of rotatable bonds is 6. The molecule has 1 aliphatic rings. The van der Waals surface area contributed by atoms with E-state index >= 15 is 0 Å². The van der Waals surface area contributed by atoms with Gasteiger partial charge in [0.05, 0.1) is 6.26 Å². The van der Waals surface area contributed by atoms with Crippen LogP contribution in [0.5, 0.6) is 0 Å². The predicted molar refractivity (Wildman–Crippen MR) is 83.1 cm³/mol. The summed E-state index contributed by atoms with van der Waals surface area (Å²) in [5.41, 5.74) is 5.84. The molecular weight excluding hydrogens is 276 g/mol. The molecule has 1 aliphatic carbocycles. The molecule has 4 N–H and O–H groups in total. The van der Waals surface area contributed by atoms with Gasteiger partial charge in [0.15, 0.2) is 5.96 Å². The van der Waals surface area contributed by atoms with Crippen LogP contribution < -0.4 is 15.8 Å². The summed E-state index contributed by atoms with van der Waals surface area (Å²) >= 11 is 0. The van der Waals surface area contributed by atoms with E-state index in [0.29, 0.717) is 18.5 Å². The molecule has 3 atom stereocenters. The minimum atomic E-state index is -3.16. The van der Waals surface area contributed by atoms with Crippen molar-refractivity contribution < 1.29 is 8.42 Å². The van der Waals surface area contributed by atoms with E-state index in [1.54, 1.807) is 0 Å². The van der Waals surface area contributed by atoms with Gasteiger partial charge in [-0.3, -0.25) is 4.99 Å². The van der Waals surface area contributed by atoms with Gasteiger partial charge in [-0.05, 0) is 32.1 Å². The van der Waals surface area contributed by atoms with E-state index < -0.39 is 10.0 Å². The number of nitrogens with two attached hydrogens (primary N) is 1. The summed E-state index contributed by atoms with van der Waals surface area (Å²) in [6, 6.07) is 0.286. The second-order valence-electron chi connectivity index (χ2n) is 5.72. The van der Waals surface area contributed by atoms with Crippen LogP contribution in [-0.4, -0.2) is 39.3 Å². The van der Waals surface area contributed by atoms with Crippen LogP contribution in [0.15, 0.2) is 4.99 Å². The molecule has 0 aromatic carbocycles. The third-order valence-electron chi connectivity index (χ3n) is 3.78. The van der Waals surface area contributed by atoms with Crippen LogP contribution in [0.25, 0.3) is 0 Å². The van der Waals surface area contributed by atoms with Gasteiger partial charge in [0.25, 0.3) is 0 Å². The number of nitrogens with one attached hydrogen (secondary N) is 2. The highest BCUT2D eigenvalue weighted by Crippen LogP contribution is 2.25. The summed E-state index contributed by atoms with van der Waals surface area (Å²) in [6.07, 6.45) is 6.26. The lowest BCUT2D eigenvalue weighted by molar-refractivity contribution is 0.297. The molecule has 0 spiro atoms. The van der Waals surface area contributed by atoms with Crippen molar-refractivity contribution in [2.45, 2.75) is 58.0 Å². The van der Waals surface area contributed by atoms with Gasteiger partial charge in [0.1, 0.15) is 0 Å². The molecule has 20 heavy (non-hydrogen) atoms. The van der Waals surface area contributed by atoms with Gasteiger partial charge < -0.3 is 11.1 Å². The Bertz CT molecular complexity index is 422. The molecule has 118 valence electrons. The summed E-state index contributed by atoms with van der Waals surface area (Å²) in [6.45, 7) is 4.71. The highest BCUT2D eigenvalue weighted by molar-refractivity contribution is 7.88. The van der Waals surface area contributed by atoms with E-state index in [2.05, 4.69) is 28.9 Å². The first-order chi connectivity index (χ1) is 9.31. The van der Waals surface area contributed by atoms with E-state index in [1.807, 2.05) is 0 Å². The standard InChI is InChI=1S/C13H28N4O2S/c1-4-10(2)16-13(14)15-9-11-7-5-6-8-12(11)17-20(3,18)19/h10-12,17H,4-9H2,1-3H3,(H3,14,15,16). The average Bonchev–Trinajstić information content (AvgIpc) is 2.35. The Morgan fingerprint density at radius 3 is 2.65 bits per heavy atom. The quantitative estimate of drug-likeness (QED) is 0.499. The van der Waals surface area contributed by atoms with Crippen molar-refractivity contribution in [1.82, 2.24) is 10.0 Å². The summed E-state index contributed by atoms with van der Waals surface area (Å²) in [5, 5.41) is 3.12. The summed E-state index contributed by atoms with van der Waals surface area (Å²) in [4.78, 5) is 4.36. The summed E-state index contributed by atoms with van der Waals surface area (Å²) in [7, 11) is -3.16. The maximum absolute atomic E-state index is 11.4. The van der Waals surface area contributed by atoms with Crippen molar-refractivity contribution in [2.75, 3.05) is 12.8 Å². The molecule has 1 saturated carbocycles. The molecule has 0 aromatic heterocycles. The Hall–Kier alpha value is -0.820. The fraction of sp³-hybridized carbons (Fsp3) is 0.923. The van der Waals surface area contributed by atoms with E-state index in [0.717, 1.165) is 32.1 Å². The van der Waals surface area contributed by atoms with E-state index in [1.165, 1.54) is 6.26 Å². The molecule has 1 rings (SSSR count). The van der Waals surface area contributed by atoms with Crippen molar-refractivity contribution in [3.05, 3.63) is 0 Å². The van der Waals surface area contributed by atoms with Crippen LogP contribution in [0.4, 0.5) is 0 Å². The Labute approximate surface area is 122 Å². The Balaban J connectivity index is 2.56. The smallest absolute Gasteiger partial charge is 0.208 e. The van der Waals surface area contributed by atoms with Gasteiger partial charge in [-0.15, -0.1) is 0 Å². The Morgan fingerprint density at radius 2 is 2.05 bits per heavy atom. The van der Waals surface area contributed by atoms with Crippen LogP contribution in [0.1, 0.15) is 46.0 Å². The van der Waals surface area contributed by atoms with Crippen molar-refractivity contribution >= 4 is 16.0 Å². The van der Waals surface area contributed by atoms with E-state index in [4.69, 9.17) is 5.73 Å². The molecule has 3 unspecified atom stereocenters. The first-order valence-corrected chi connectivity index (χ1v) is 9.24. The van der Waals surface area contributed by atoms with Gasteiger partial charge in [-0.1, -0.05) is 19.8 Å². The lowest BCUT2D eigenvalue weighted by Crippen LogP contribution is -2.43. The molecular formula is C13H28N4O2S. The van der Waals surface area contributed by atoms with Crippen LogP contribution >= 0.6 is 0 Å². The van der Waals surface area contributed by atoms with Crippen LogP contribution in [0, 0.1) is 5.92 Å². The highest BCUT2D eigenvalue weighted by Gasteiger charge is 2.27. The SMILES string of the molecule is CCC(C)NC(N)=NCC1CCCCC1NS(C)(=O)=O. The van der Waals surface area contributed by atoms with Gasteiger partial charge in [-0.25, -0.2) is 13.1 Å². The molecule has 6 nitrogen and oxygen atoms in total.